The summed E-state index contributed by atoms with van der Waals surface area (Å²) in [6, 6.07) is 1.77. The minimum absolute atomic E-state index is 0.613. The molecule has 1 heterocycles. The lowest BCUT2D eigenvalue weighted by Crippen LogP contribution is -2.24. The molecule has 0 aliphatic carbocycles. The molecule has 0 saturated carbocycles. The average Bonchev–Trinajstić information content (AvgIpc) is 2.43. The normalized spacial score (nSPS) is 16.5. The summed E-state index contributed by atoms with van der Waals surface area (Å²) >= 11 is 13.1. The molecule has 0 radical (unpaired) electrons. The summed E-state index contributed by atoms with van der Waals surface area (Å²) in [6.45, 7) is 4.16. The van der Waals surface area contributed by atoms with Gasteiger partial charge in [-0.05, 0) is 25.5 Å². The van der Waals surface area contributed by atoms with E-state index in [0.29, 0.717) is 9.21 Å². The Balaban J connectivity index is 2.90. The van der Waals surface area contributed by atoms with Crippen LogP contribution in [0.3, 0.4) is 0 Å². The van der Waals surface area contributed by atoms with Crippen molar-refractivity contribution < 1.29 is 8.78 Å². The maximum absolute atomic E-state index is 13.0. The van der Waals surface area contributed by atoms with Gasteiger partial charge in [0.25, 0.3) is 0 Å². The van der Waals surface area contributed by atoms with E-state index in [1.165, 1.54) is 18.3 Å². The number of aryl methyl sites for hydroxylation is 1. The van der Waals surface area contributed by atoms with Crippen molar-refractivity contribution in [2.75, 3.05) is 0 Å². The minimum atomic E-state index is -2.78. The molecule has 0 amide bonds. The third kappa shape index (κ3) is 3.05. The molecule has 1 aromatic heterocycles. The molecule has 2 atom stereocenters. The fraction of sp³-hybridized carbons (Fsp3) is 0.600. The predicted molar refractivity (Wildman–Crippen MR) is 62.4 cm³/mol. The number of alkyl halides is 3. The second kappa shape index (κ2) is 4.56. The molecular weight excluding hydrogens is 261 g/mol. The Morgan fingerprint density at radius 1 is 1.47 bits per heavy atom. The quantitative estimate of drug-likeness (QED) is 0.657. The van der Waals surface area contributed by atoms with E-state index in [1.54, 1.807) is 6.07 Å². The van der Waals surface area contributed by atoms with Gasteiger partial charge in [-0.2, -0.15) is 0 Å². The highest BCUT2D eigenvalue weighted by Crippen LogP contribution is 2.43. The van der Waals surface area contributed by atoms with E-state index >= 15 is 0 Å². The Hall–Kier alpha value is 0.140. The second-order valence-electron chi connectivity index (χ2n) is 3.75. The number of thiophene rings is 1. The van der Waals surface area contributed by atoms with Crippen molar-refractivity contribution in [1.82, 2.24) is 0 Å². The third-order valence-electron chi connectivity index (χ3n) is 2.39. The zero-order valence-corrected chi connectivity index (χ0v) is 11.0. The van der Waals surface area contributed by atoms with Crippen molar-refractivity contribution in [2.24, 2.45) is 5.92 Å². The van der Waals surface area contributed by atoms with Crippen LogP contribution in [0, 0.1) is 12.8 Å². The van der Waals surface area contributed by atoms with Crippen LogP contribution in [0.25, 0.3) is 0 Å². The molecule has 0 aliphatic heterocycles. The van der Waals surface area contributed by atoms with Gasteiger partial charge in [-0.3, -0.25) is 0 Å². The maximum Gasteiger partial charge on any atom is 0.249 e. The Morgan fingerprint density at radius 2 is 2.00 bits per heavy atom. The molecule has 0 spiro atoms. The van der Waals surface area contributed by atoms with Crippen molar-refractivity contribution in [2.45, 2.75) is 32.1 Å². The standard InChI is InChI=1S/C10H12Cl2F2S/c1-5-4-7(15-9(5)12)8(11)6(2)10(3,13)14/h4,6,8H,1-3H3. The SMILES string of the molecule is Cc1cc(C(Cl)C(C)C(C)(F)F)sc1Cl. The van der Waals surface area contributed by atoms with E-state index < -0.39 is 17.2 Å². The average molecular weight is 273 g/mol. The van der Waals surface area contributed by atoms with E-state index in [1.807, 2.05) is 6.92 Å². The van der Waals surface area contributed by atoms with E-state index in [2.05, 4.69) is 0 Å². The lowest BCUT2D eigenvalue weighted by molar-refractivity contribution is -0.0336. The smallest absolute Gasteiger partial charge is 0.207 e. The van der Waals surface area contributed by atoms with Gasteiger partial charge in [0.15, 0.2) is 0 Å². The number of rotatable bonds is 3. The van der Waals surface area contributed by atoms with Crippen molar-refractivity contribution in [3.8, 4) is 0 Å². The first-order valence-corrected chi connectivity index (χ1v) is 6.14. The first kappa shape index (κ1) is 13.2. The molecule has 0 N–H and O–H groups in total. The summed E-state index contributed by atoms with van der Waals surface area (Å²) < 4.78 is 26.7. The molecule has 5 heteroatoms. The Bertz CT molecular complexity index is 324. The van der Waals surface area contributed by atoms with Crippen LogP contribution < -0.4 is 0 Å². The Labute approximate surface area is 102 Å². The fourth-order valence-electron chi connectivity index (χ4n) is 1.12. The molecule has 0 nitrogen and oxygen atoms in total. The van der Waals surface area contributed by atoms with Gasteiger partial charge in [0.05, 0.1) is 9.71 Å². The zero-order valence-electron chi connectivity index (χ0n) is 8.65. The molecule has 0 aromatic carbocycles. The van der Waals surface area contributed by atoms with Crippen molar-refractivity contribution >= 4 is 34.5 Å². The molecule has 0 aliphatic rings. The van der Waals surface area contributed by atoms with Crippen molar-refractivity contribution in [3.63, 3.8) is 0 Å². The van der Waals surface area contributed by atoms with Gasteiger partial charge in [0.2, 0.25) is 5.92 Å². The maximum atomic E-state index is 13.0. The zero-order chi connectivity index (χ0) is 11.8. The summed E-state index contributed by atoms with van der Waals surface area (Å²) in [6.07, 6.45) is 0. The van der Waals surface area contributed by atoms with Gasteiger partial charge in [-0.1, -0.05) is 18.5 Å². The van der Waals surface area contributed by atoms with E-state index in [4.69, 9.17) is 23.2 Å². The van der Waals surface area contributed by atoms with Crippen molar-refractivity contribution in [3.05, 3.63) is 20.8 Å². The van der Waals surface area contributed by atoms with Gasteiger partial charge in [-0.25, -0.2) is 8.78 Å². The van der Waals surface area contributed by atoms with E-state index in [9.17, 15) is 8.78 Å². The van der Waals surface area contributed by atoms with Gasteiger partial charge in [0.1, 0.15) is 0 Å². The van der Waals surface area contributed by atoms with Crippen LogP contribution in [0.5, 0.6) is 0 Å². The largest absolute Gasteiger partial charge is 0.249 e. The highest BCUT2D eigenvalue weighted by atomic mass is 35.5. The molecule has 0 fully saturated rings. The van der Waals surface area contributed by atoms with Crippen LogP contribution >= 0.6 is 34.5 Å². The predicted octanol–water partition coefficient (Wildman–Crippen LogP) is 5.28. The second-order valence-corrected chi connectivity index (χ2v) is 5.91. The van der Waals surface area contributed by atoms with Crippen LogP contribution in [-0.4, -0.2) is 5.92 Å². The minimum Gasteiger partial charge on any atom is -0.207 e. The van der Waals surface area contributed by atoms with Crippen LogP contribution in [0.2, 0.25) is 4.34 Å². The molecule has 0 bridgehead atoms. The lowest BCUT2D eigenvalue weighted by Gasteiger charge is -2.23. The van der Waals surface area contributed by atoms with E-state index in [-0.39, 0.29) is 0 Å². The van der Waals surface area contributed by atoms with Gasteiger partial charge in [-0.15, -0.1) is 22.9 Å². The van der Waals surface area contributed by atoms with Gasteiger partial charge < -0.3 is 0 Å². The summed E-state index contributed by atoms with van der Waals surface area (Å²) in [5, 5.41) is -0.693. The number of hydrogen-bond acceptors (Lipinski definition) is 1. The topological polar surface area (TPSA) is 0 Å². The molecule has 2 unspecified atom stereocenters. The molecule has 1 aromatic rings. The third-order valence-corrected chi connectivity index (χ3v) is 4.77. The molecule has 1 rings (SSSR count). The molecular formula is C10H12Cl2F2S. The van der Waals surface area contributed by atoms with E-state index in [0.717, 1.165) is 12.5 Å². The summed E-state index contributed by atoms with van der Waals surface area (Å²) in [5.41, 5.74) is 0.883. The van der Waals surface area contributed by atoms with Crippen LogP contribution in [-0.2, 0) is 0 Å². The summed E-state index contributed by atoms with van der Waals surface area (Å²) in [7, 11) is 0. The van der Waals surface area contributed by atoms with Gasteiger partial charge in [0, 0.05) is 10.8 Å². The number of halogens is 4. The monoisotopic (exact) mass is 272 g/mol. The fourth-order valence-corrected chi connectivity index (χ4v) is 2.84. The highest BCUT2D eigenvalue weighted by Gasteiger charge is 2.36. The molecule has 15 heavy (non-hydrogen) atoms. The van der Waals surface area contributed by atoms with Gasteiger partial charge >= 0.3 is 0 Å². The number of hydrogen-bond donors (Lipinski definition) is 0. The van der Waals surface area contributed by atoms with Crippen LogP contribution in [0.1, 0.15) is 29.7 Å². The lowest BCUT2D eigenvalue weighted by atomic mass is 9.99. The van der Waals surface area contributed by atoms with Crippen LogP contribution in [0.15, 0.2) is 6.07 Å². The Kier molecular flexibility index (Phi) is 4.01. The highest BCUT2D eigenvalue weighted by molar-refractivity contribution is 7.16. The molecule has 86 valence electrons. The summed E-state index contributed by atoms with van der Waals surface area (Å²) in [4.78, 5) is 0.702. The Morgan fingerprint density at radius 3 is 2.33 bits per heavy atom. The molecule has 0 saturated heterocycles. The van der Waals surface area contributed by atoms with Crippen LogP contribution in [0.4, 0.5) is 8.78 Å². The first-order valence-electron chi connectivity index (χ1n) is 4.51. The van der Waals surface area contributed by atoms with Crippen molar-refractivity contribution in [1.29, 1.82) is 0 Å². The first-order chi connectivity index (χ1) is 6.73. The summed E-state index contributed by atoms with van der Waals surface area (Å²) in [5.74, 6) is -3.69.